The van der Waals surface area contributed by atoms with Gasteiger partial charge in [-0.2, -0.15) is 0 Å². The lowest BCUT2D eigenvalue weighted by atomic mass is 10.1. The summed E-state index contributed by atoms with van der Waals surface area (Å²) < 4.78 is 0. The van der Waals surface area contributed by atoms with E-state index >= 15 is 0 Å². The van der Waals surface area contributed by atoms with Crippen LogP contribution in [0.25, 0.3) is 0 Å². The Labute approximate surface area is 118 Å². The summed E-state index contributed by atoms with van der Waals surface area (Å²) in [5.41, 5.74) is 1.49. The number of benzene rings is 2. The maximum atomic E-state index is 11.9. The molecule has 0 spiro atoms. The standard InChI is InChI=1S/C17H17NO2/c1-18(13-14-7-3-2-4-8-14)12-11-17(20)15-9-5-6-10-16(15)19/h2-12,19H,13H2,1H3/b12-11+. The number of rotatable bonds is 5. The third-order valence-corrected chi connectivity index (χ3v) is 2.92. The quantitative estimate of drug-likeness (QED) is 0.668. The van der Waals surface area contributed by atoms with Gasteiger partial charge >= 0.3 is 0 Å². The number of para-hydroxylation sites is 1. The van der Waals surface area contributed by atoms with Gasteiger partial charge in [0.2, 0.25) is 0 Å². The number of phenolic OH excluding ortho intramolecular Hbond substituents is 1. The van der Waals surface area contributed by atoms with Crippen molar-refractivity contribution in [2.24, 2.45) is 0 Å². The Morgan fingerprint density at radius 3 is 2.45 bits per heavy atom. The lowest BCUT2D eigenvalue weighted by Crippen LogP contribution is -2.10. The SMILES string of the molecule is CN(/C=C/C(=O)c1ccccc1O)Cc1ccccc1. The molecule has 3 nitrogen and oxygen atoms in total. The number of aromatic hydroxyl groups is 1. The number of carbonyl (C=O) groups excluding carboxylic acids is 1. The van der Waals surface area contributed by atoms with E-state index in [4.69, 9.17) is 0 Å². The summed E-state index contributed by atoms with van der Waals surface area (Å²) in [6.07, 6.45) is 3.19. The van der Waals surface area contributed by atoms with E-state index in [1.807, 2.05) is 42.3 Å². The van der Waals surface area contributed by atoms with Crippen molar-refractivity contribution >= 4 is 5.78 Å². The average Bonchev–Trinajstić information content (AvgIpc) is 2.46. The molecule has 2 rings (SSSR count). The van der Waals surface area contributed by atoms with Gasteiger partial charge in [-0.05, 0) is 17.7 Å². The van der Waals surface area contributed by atoms with E-state index < -0.39 is 0 Å². The molecule has 0 aliphatic heterocycles. The van der Waals surface area contributed by atoms with E-state index in [9.17, 15) is 9.90 Å². The molecule has 0 amide bonds. The summed E-state index contributed by atoms with van der Waals surface area (Å²) in [6.45, 7) is 0.728. The zero-order valence-corrected chi connectivity index (χ0v) is 11.4. The van der Waals surface area contributed by atoms with Crippen molar-refractivity contribution in [2.45, 2.75) is 6.54 Å². The van der Waals surface area contributed by atoms with Gasteiger partial charge in [0, 0.05) is 25.9 Å². The van der Waals surface area contributed by atoms with Gasteiger partial charge in [0.1, 0.15) is 5.75 Å². The number of ketones is 1. The van der Waals surface area contributed by atoms with Gasteiger partial charge in [0.25, 0.3) is 0 Å². The third kappa shape index (κ3) is 3.72. The predicted molar refractivity (Wildman–Crippen MR) is 79.5 cm³/mol. The highest BCUT2D eigenvalue weighted by Gasteiger charge is 2.06. The number of carbonyl (C=O) groups is 1. The molecule has 0 unspecified atom stereocenters. The van der Waals surface area contributed by atoms with Crippen molar-refractivity contribution in [3.8, 4) is 5.75 Å². The molecule has 0 saturated heterocycles. The van der Waals surface area contributed by atoms with E-state index in [0.29, 0.717) is 5.56 Å². The molecule has 3 heteroatoms. The highest BCUT2D eigenvalue weighted by atomic mass is 16.3. The highest BCUT2D eigenvalue weighted by molar-refractivity contribution is 6.06. The van der Waals surface area contributed by atoms with Gasteiger partial charge in [0.05, 0.1) is 5.56 Å². The van der Waals surface area contributed by atoms with Crippen LogP contribution in [-0.2, 0) is 6.54 Å². The van der Waals surface area contributed by atoms with Crippen LogP contribution in [0.3, 0.4) is 0 Å². The minimum Gasteiger partial charge on any atom is -0.507 e. The minimum absolute atomic E-state index is 0.00728. The zero-order valence-electron chi connectivity index (χ0n) is 11.4. The van der Waals surface area contributed by atoms with Crippen molar-refractivity contribution in [1.82, 2.24) is 4.90 Å². The molecule has 0 bridgehead atoms. The van der Waals surface area contributed by atoms with Crippen molar-refractivity contribution in [1.29, 1.82) is 0 Å². The molecule has 0 aromatic heterocycles. The fourth-order valence-electron chi connectivity index (χ4n) is 1.89. The van der Waals surface area contributed by atoms with Crippen LogP contribution in [0.4, 0.5) is 0 Å². The van der Waals surface area contributed by atoms with E-state index in [0.717, 1.165) is 6.54 Å². The monoisotopic (exact) mass is 267 g/mol. The van der Waals surface area contributed by atoms with Gasteiger partial charge in [-0.1, -0.05) is 42.5 Å². The second kappa shape index (κ2) is 6.57. The largest absolute Gasteiger partial charge is 0.507 e. The molecule has 0 saturated carbocycles. The van der Waals surface area contributed by atoms with Crippen LogP contribution >= 0.6 is 0 Å². The number of phenols is 1. The van der Waals surface area contributed by atoms with E-state index in [-0.39, 0.29) is 11.5 Å². The topological polar surface area (TPSA) is 40.5 Å². The van der Waals surface area contributed by atoms with Gasteiger partial charge in [0.15, 0.2) is 5.78 Å². The van der Waals surface area contributed by atoms with E-state index in [1.54, 1.807) is 24.4 Å². The Bertz CT molecular complexity index is 605. The lowest BCUT2D eigenvalue weighted by Gasteiger charge is -2.13. The Morgan fingerprint density at radius 2 is 1.75 bits per heavy atom. The first kappa shape index (κ1) is 13.9. The fraction of sp³-hybridized carbons (Fsp3) is 0.118. The van der Waals surface area contributed by atoms with E-state index in [1.165, 1.54) is 17.7 Å². The smallest absolute Gasteiger partial charge is 0.190 e. The van der Waals surface area contributed by atoms with Crippen molar-refractivity contribution < 1.29 is 9.90 Å². The van der Waals surface area contributed by atoms with Gasteiger partial charge in [-0.15, -0.1) is 0 Å². The zero-order chi connectivity index (χ0) is 14.4. The number of nitrogens with zero attached hydrogens (tertiary/aromatic N) is 1. The number of hydrogen-bond acceptors (Lipinski definition) is 3. The molecule has 1 N–H and O–H groups in total. The maximum Gasteiger partial charge on any atom is 0.190 e. The number of allylic oxidation sites excluding steroid dienone is 1. The van der Waals surface area contributed by atoms with E-state index in [2.05, 4.69) is 0 Å². The van der Waals surface area contributed by atoms with Crippen molar-refractivity contribution in [3.05, 3.63) is 78.0 Å². The van der Waals surface area contributed by atoms with Gasteiger partial charge < -0.3 is 10.0 Å². The van der Waals surface area contributed by atoms with Crippen molar-refractivity contribution in [2.75, 3.05) is 7.05 Å². The summed E-state index contributed by atoms with van der Waals surface area (Å²) in [6, 6.07) is 16.6. The molecule has 0 fully saturated rings. The molecule has 0 heterocycles. The first-order valence-corrected chi connectivity index (χ1v) is 6.41. The predicted octanol–water partition coefficient (Wildman–Crippen LogP) is 3.22. The molecule has 2 aromatic rings. The summed E-state index contributed by atoms with van der Waals surface area (Å²) in [4.78, 5) is 13.9. The summed E-state index contributed by atoms with van der Waals surface area (Å²) in [5, 5.41) is 9.61. The molecule has 0 aliphatic carbocycles. The first-order valence-electron chi connectivity index (χ1n) is 6.41. The van der Waals surface area contributed by atoms with Crippen LogP contribution in [0.2, 0.25) is 0 Å². The lowest BCUT2D eigenvalue weighted by molar-refractivity contribution is 0.104. The van der Waals surface area contributed by atoms with Crippen LogP contribution in [0, 0.1) is 0 Å². The molecule has 0 aliphatic rings. The number of hydrogen-bond donors (Lipinski definition) is 1. The normalized spacial score (nSPS) is 10.7. The highest BCUT2D eigenvalue weighted by Crippen LogP contribution is 2.16. The third-order valence-electron chi connectivity index (χ3n) is 2.92. The first-order chi connectivity index (χ1) is 9.66. The van der Waals surface area contributed by atoms with Crippen LogP contribution in [0.15, 0.2) is 66.9 Å². The minimum atomic E-state index is -0.206. The summed E-state index contributed by atoms with van der Waals surface area (Å²) in [7, 11) is 1.90. The molecule has 2 aromatic carbocycles. The van der Waals surface area contributed by atoms with Gasteiger partial charge in [-0.25, -0.2) is 0 Å². The molecule has 0 radical (unpaired) electrons. The fourth-order valence-corrected chi connectivity index (χ4v) is 1.89. The van der Waals surface area contributed by atoms with Crippen LogP contribution in [-0.4, -0.2) is 22.8 Å². The second-order valence-corrected chi connectivity index (χ2v) is 4.60. The van der Waals surface area contributed by atoms with Gasteiger partial charge in [-0.3, -0.25) is 4.79 Å². The Hall–Kier alpha value is -2.55. The van der Waals surface area contributed by atoms with Crippen LogP contribution < -0.4 is 0 Å². The van der Waals surface area contributed by atoms with Crippen molar-refractivity contribution in [3.63, 3.8) is 0 Å². The Kier molecular flexibility index (Phi) is 4.56. The summed E-state index contributed by atoms with van der Waals surface area (Å²) >= 11 is 0. The maximum absolute atomic E-state index is 11.9. The second-order valence-electron chi connectivity index (χ2n) is 4.60. The summed E-state index contributed by atoms with van der Waals surface area (Å²) in [5.74, 6) is -0.198. The Morgan fingerprint density at radius 1 is 1.10 bits per heavy atom. The average molecular weight is 267 g/mol. The molecule has 0 atom stereocenters. The van der Waals surface area contributed by atoms with Crippen LogP contribution in [0.1, 0.15) is 15.9 Å². The van der Waals surface area contributed by atoms with Crippen LogP contribution in [0.5, 0.6) is 5.75 Å². The molecular formula is C17H17NO2. The molecule has 102 valence electrons. The Balaban J connectivity index is 1.99. The molecule has 20 heavy (non-hydrogen) atoms. The molecular weight excluding hydrogens is 250 g/mol.